The molecule has 0 radical (unpaired) electrons. The maximum atomic E-state index is 12.1. The van der Waals surface area contributed by atoms with Crippen molar-refractivity contribution in [2.45, 2.75) is 12.8 Å². The molecule has 0 aliphatic carbocycles. The van der Waals surface area contributed by atoms with Crippen LogP contribution in [0.4, 0.5) is 11.4 Å². The summed E-state index contributed by atoms with van der Waals surface area (Å²) in [6.45, 7) is 1.17. The molecule has 0 atom stereocenters. The molecule has 156 valence electrons. The van der Waals surface area contributed by atoms with Gasteiger partial charge >= 0.3 is 11.8 Å². The van der Waals surface area contributed by atoms with Crippen molar-refractivity contribution in [2.24, 2.45) is 5.92 Å². The number of anilines is 2. The Morgan fingerprint density at radius 1 is 1.04 bits per heavy atom. The van der Waals surface area contributed by atoms with Crippen LogP contribution >= 0.6 is 0 Å². The first-order chi connectivity index (χ1) is 13.1. The highest BCUT2D eigenvalue weighted by atomic mass is 32.2. The number of amides is 2. The van der Waals surface area contributed by atoms with E-state index in [0.717, 1.165) is 5.69 Å². The third-order valence-corrected chi connectivity index (χ3v) is 6.70. The van der Waals surface area contributed by atoms with Crippen LogP contribution in [0.1, 0.15) is 12.8 Å². The second-order valence-electron chi connectivity index (χ2n) is 7.24. The smallest absolute Gasteiger partial charge is 0.313 e. The summed E-state index contributed by atoms with van der Waals surface area (Å²) in [7, 11) is 3.45. The summed E-state index contributed by atoms with van der Waals surface area (Å²) in [4.78, 5) is 26.0. The van der Waals surface area contributed by atoms with Crippen molar-refractivity contribution in [3.63, 3.8) is 0 Å². The van der Waals surface area contributed by atoms with Crippen LogP contribution in [0.25, 0.3) is 0 Å². The standard InChI is InChI=1S/C18H29N5O4S/c1-21(2)16-7-5-15(6-8-16)20-18(25)17(24)19-13-14-9-11-23(12-10-14)28(26,27)22(3)4/h5-8,14H,9-13H2,1-4H3,(H,19,24)(H,20,25). The molecule has 2 N–H and O–H groups in total. The zero-order valence-electron chi connectivity index (χ0n) is 16.8. The molecule has 1 aliphatic heterocycles. The lowest BCUT2D eigenvalue weighted by Gasteiger charge is -2.32. The summed E-state index contributed by atoms with van der Waals surface area (Å²) in [6.07, 6.45) is 1.28. The molecule has 0 spiro atoms. The predicted molar refractivity (Wildman–Crippen MR) is 109 cm³/mol. The number of nitrogens with one attached hydrogen (secondary N) is 2. The maximum Gasteiger partial charge on any atom is 0.313 e. The van der Waals surface area contributed by atoms with Crippen molar-refractivity contribution in [1.82, 2.24) is 13.9 Å². The molecule has 1 aliphatic rings. The fourth-order valence-corrected chi connectivity index (χ4v) is 4.06. The highest BCUT2D eigenvalue weighted by Gasteiger charge is 2.29. The molecule has 1 heterocycles. The summed E-state index contributed by atoms with van der Waals surface area (Å²) >= 11 is 0. The van der Waals surface area contributed by atoms with Gasteiger partial charge in [-0.1, -0.05) is 0 Å². The lowest BCUT2D eigenvalue weighted by Crippen LogP contribution is -2.46. The number of hydrogen-bond acceptors (Lipinski definition) is 5. The number of nitrogens with zero attached hydrogens (tertiary/aromatic N) is 3. The van der Waals surface area contributed by atoms with Crippen LogP contribution in [0.5, 0.6) is 0 Å². The van der Waals surface area contributed by atoms with Crippen molar-refractivity contribution in [3.8, 4) is 0 Å². The lowest BCUT2D eigenvalue weighted by molar-refractivity contribution is -0.136. The van der Waals surface area contributed by atoms with E-state index in [0.29, 0.717) is 38.2 Å². The van der Waals surface area contributed by atoms with Gasteiger partial charge in [-0.2, -0.15) is 17.0 Å². The van der Waals surface area contributed by atoms with Crippen molar-refractivity contribution < 1.29 is 18.0 Å². The topological polar surface area (TPSA) is 102 Å². The Morgan fingerprint density at radius 2 is 1.61 bits per heavy atom. The van der Waals surface area contributed by atoms with E-state index < -0.39 is 22.0 Å². The van der Waals surface area contributed by atoms with Crippen molar-refractivity contribution in [2.75, 3.05) is 58.0 Å². The van der Waals surface area contributed by atoms with Gasteiger partial charge in [0.1, 0.15) is 0 Å². The number of rotatable bonds is 6. The van der Waals surface area contributed by atoms with Gasteiger partial charge in [0, 0.05) is 59.2 Å². The van der Waals surface area contributed by atoms with Gasteiger partial charge in [0.2, 0.25) is 0 Å². The third kappa shape index (κ3) is 5.66. The van der Waals surface area contributed by atoms with E-state index in [9.17, 15) is 18.0 Å². The van der Waals surface area contributed by atoms with Crippen molar-refractivity contribution in [1.29, 1.82) is 0 Å². The molecule has 2 amide bonds. The lowest BCUT2D eigenvalue weighted by atomic mass is 9.98. The second kappa shape index (κ2) is 9.35. The Kier molecular flexibility index (Phi) is 7.39. The Morgan fingerprint density at radius 3 is 2.11 bits per heavy atom. The normalized spacial score (nSPS) is 16.0. The van der Waals surface area contributed by atoms with Crippen LogP contribution in [0.2, 0.25) is 0 Å². The number of carbonyl (C=O) groups is 2. The van der Waals surface area contributed by atoms with Crippen LogP contribution in [0.15, 0.2) is 24.3 Å². The molecular weight excluding hydrogens is 382 g/mol. The summed E-state index contributed by atoms with van der Waals surface area (Å²) in [6, 6.07) is 7.18. The highest BCUT2D eigenvalue weighted by Crippen LogP contribution is 2.20. The Bertz CT molecular complexity index is 785. The minimum atomic E-state index is -3.40. The maximum absolute atomic E-state index is 12.1. The average molecular weight is 412 g/mol. The van der Waals surface area contributed by atoms with Gasteiger partial charge in [0.15, 0.2) is 0 Å². The Labute approximate surface area is 166 Å². The molecule has 0 unspecified atom stereocenters. The first kappa shape index (κ1) is 22.1. The van der Waals surface area contributed by atoms with Gasteiger partial charge in [-0.15, -0.1) is 0 Å². The van der Waals surface area contributed by atoms with Crippen LogP contribution in [0, 0.1) is 5.92 Å². The fraction of sp³-hybridized carbons (Fsp3) is 0.556. The predicted octanol–water partition coefficient (Wildman–Crippen LogP) is 0.326. The molecule has 2 rings (SSSR count). The number of benzene rings is 1. The molecule has 0 bridgehead atoms. The number of carbonyl (C=O) groups excluding carboxylic acids is 2. The van der Waals surface area contributed by atoms with E-state index in [1.807, 2.05) is 31.1 Å². The quantitative estimate of drug-likeness (QED) is 0.657. The molecule has 9 nitrogen and oxygen atoms in total. The van der Waals surface area contributed by atoms with E-state index >= 15 is 0 Å². The number of hydrogen-bond donors (Lipinski definition) is 2. The first-order valence-electron chi connectivity index (χ1n) is 9.15. The molecule has 28 heavy (non-hydrogen) atoms. The van der Waals surface area contributed by atoms with E-state index in [1.54, 1.807) is 12.1 Å². The minimum Gasteiger partial charge on any atom is -0.378 e. The molecule has 1 aromatic rings. The monoisotopic (exact) mass is 411 g/mol. The molecule has 0 saturated carbocycles. The van der Waals surface area contributed by atoms with Gasteiger partial charge in [0.05, 0.1) is 0 Å². The third-order valence-electron chi connectivity index (χ3n) is 4.76. The largest absolute Gasteiger partial charge is 0.378 e. The zero-order valence-corrected chi connectivity index (χ0v) is 17.6. The molecule has 1 aromatic carbocycles. The van der Waals surface area contributed by atoms with Gasteiger partial charge in [-0.25, -0.2) is 0 Å². The second-order valence-corrected chi connectivity index (χ2v) is 9.38. The molecule has 1 fully saturated rings. The van der Waals surface area contributed by atoms with Crippen molar-refractivity contribution >= 4 is 33.4 Å². The summed E-state index contributed by atoms with van der Waals surface area (Å²) in [5.74, 6) is -1.27. The van der Waals surface area contributed by atoms with Crippen molar-refractivity contribution in [3.05, 3.63) is 24.3 Å². The van der Waals surface area contributed by atoms with Crippen LogP contribution in [0.3, 0.4) is 0 Å². The highest BCUT2D eigenvalue weighted by molar-refractivity contribution is 7.86. The Balaban J connectivity index is 1.77. The summed E-state index contributed by atoms with van der Waals surface area (Å²) in [5.41, 5.74) is 1.54. The molecular formula is C18H29N5O4S. The minimum absolute atomic E-state index is 0.143. The number of piperidine rings is 1. The first-order valence-corrected chi connectivity index (χ1v) is 10.5. The fourth-order valence-electron chi connectivity index (χ4n) is 2.92. The summed E-state index contributed by atoms with van der Waals surface area (Å²) in [5, 5.41) is 5.21. The van der Waals surface area contributed by atoms with Crippen LogP contribution in [-0.4, -0.2) is 76.7 Å². The SMILES string of the molecule is CN(C)c1ccc(NC(=O)C(=O)NCC2CCN(S(=O)(=O)N(C)C)CC2)cc1. The van der Waals surface area contributed by atoms with Crippen LogP contribution < -0.4 is 15.5 Å². The van der Waals surface area contributed by atoms with Gasteiger partial charge in [-0.3, -0.25) is 9.59 Å². The van der Waals surface area contributed by atoms with E-state index in [4.69, 9.17) is 0 Å². The zero-order chi connectivity index (χ0) is 20.9. The average Bonchev–Trinajstić information content (AvgIpc) is 2.66. The van der Waals surface area contributed by atoms with Gasteiger partial charge in [-0.05, 0) is 43.0 Å². The summed E-state index contributed by atoms with van der Waals surface area (Å²) < 4.78 is 26.9. The Hall–Kier alpha value is -2.17. The van der Waals surface area contributed by atoms with E-state index in [-0.39, 0.29) is 5.92 Å². The molecule has 10 heteroatoms. The molecule has 0 aromatic heterocycles. The van der Waals surface area contributed by atoms with Gasteiger partial charge in [0.25, 0.3) is 10.2 Å². The van der Waals surface area contributed by atoms with Crippen LogP contribution in [-0.2, 0) is 19.8 Å². The van der Waals surface area contributed by atoms with E-state index in [2.05, 4.69) is 10.6 Å². The van der Waals surface area contributed by atoms with E-state index in [1.165, 1.54) is 22.7 Å². The van der Waals surface area contributed by atoms with Gasteiger partial charge < -0.3 is 15.5 Å². The molecule has 1 saturated heterocycles.